The Morgan fingerprint density at radius 1 is 1.00 bits per heavy atom. The predicted octanol–water partition coefficient (Wildman–Crippen LogP) is 3.60. The van der Waals surface area contributed by atoms with Gasteiger partial charge in [-0.05, 0) is 23.8 Å². The summed E-state index contributed by atoms with van der Waals surface area (Å²) < 4.78 is 0. The monoisotopic (exact) mass is 384 g/mol. The Bertz CT molecular complexity index is 1060. The van der Waals surface area contributed by atoms with Crippen LogP contribution in [-0.4, -0.2) is 28.3 Å². The number of amides is 1. The van der Waals surface area contributed by atoms with E-state index >= 15 is 0 Å². The van der Waals surface area contributed by atoms with Gasteiger partial charge in [0.05, 0.1) is 12.1 Å². The number of nitrogens with zero attached hydrogens (tertiary/aromatic N) is 2. The maximum atomic E-state index is 13.2. The van der Waals surface area contributed by atoms with Crippen molar-refractivity contribution in [1.29, 1.82) is 0 Å². The van der Waals surface area contributed by atoms with Gasteiger partial charge in [0, 0.05) is 18.3 Å². The summed E-state index contributed by atoms with van der Waals surface area (Å²) in [7, 11) is 0. The zero-order chi connectivity index (χ0) is 20.3. The molecule has 0 saturated carbocycles. The van der Waals surface area contributed by atoms with E-state index < -0.39 is 11.5 Å². The highest BCUT2D eigenvalue weighted by Crippen LogP contribution is 2.42. The van der Waals surface area contributed by atoms with Gasteiger partial charge < -0.3 is 10.0 Å². The molecule has 0 unspecified atom stereocenters. The number of para-hydroxylation sites is 1. The molecule has 0 radical (unpaired) electrons. The van der Waals surface area contributed by atoms with Gasteiger partial charge in [0.15, 0.2) is 11.4 Å². The minimum Gasteiger partial charge on any atom is -0.375 e. The first-order valence-electron chi connectivity index (χ1n) is 9.39. The molecule has 2 heterocycles. The minimum atomic E-state index is -1.90. The number of carbonyl (C=O) groups is 2. The van der Waals surface area contributed by atoms with Crippen molar-refractivity contribution in [3.8, 4) is 0 Å². The summed E-state index contributed by atoms with van der Waals surface area (Å²) in [4.78, 5) is 31.4. The fourth-order valence-electron chi connectivity index (χ4n) is 3.57. The van der Waals surface area contributed by atoms with E-state index in [0.717, 1.165) is 5.56 Å². The minimum absolute atomic E-state index is 0.230. The Hall–Kier alpha value is -3.57. The van der Waals surface area contributed by atoms with E-state index in [1.165, 1.54) is 11.1 Å². The van der Waals surface area contributed by atoms with Crippen molar-refractivity contribution in [2.45, 2.75) is 12.0 Å². The second-order valence-corrected chi connectivity index (χ2v) is 6.92. The summed E-state index contributed by atoms with van der Waals surface area (Å²) in [5.41, 5.74) is 0.418. The van der Waals surface area contributed by atoms with Crippen LogP contribution in [-0.2, 0) is 10.4 Å². The van der Waals surface area contributed by atoms with E-state index in [1.54, 1.807) is 36.4 Å². The van der Waals surface area contributed by atoms with Crippen molar-refractivity contribution in [2.75, 3.05) is 11.4 Å². The second kappa shape index (κ2) is 7.81. The standard InChI is InChI=1S/C24H20N2O3/c27-22(20-13-6-7-15-25-20)17-24(29)19-12-4-5-14-21(19)26(23(24)28)16-8-11-18-9-2-1-3-10-18/h1-15,29H,16-17H2/b11-8+/t24-/m0/s1. The molecule has 1 atom stereocenters. The van der Waals surface area contributed by atoms with Crippen LogP contribution in [0.15, 0.2) is 85.1 Å². The molecule has 5 nitrogen and oxygen atoms in total. The van der Waals surface area contributed by atoms with Gasteiger partial charge in [0.2, 0.25) is 0 Å². The molecule has 0 fully saturated rings. The molecule has 5 heteroatoms. The van der Waals surface area contributed by atoms with Crippen LogP contribution in [0.25, 0.3) is 6.08 Å². The van der Waals surface area contributed by atoms with Crippen molar-refractivity contribution in [1.82, 2.24) is 4.98 Å². The first kappa shape index (κ1) is 18.8. The number of anilines is 1. The van der Waals surface area contributed by atoms with E-state index in [4.69, 9.17) is 0 Å². The summed E-state index contributed by atoms with van der Waals surface area (Å²) >= 11 is 0. The van der Waals surface area contributed by atoms with Crippen LogP contribution in [0.3, 0.4) is 0 Å². The van der Waals surface area contributed by atoms with E-state index in [9.17, 15) is 14.7 Å². The summed E-state index contributed by atoms with van der Waals surface area (Å²) in [6.45, 7) is 0.296. The quantitative estimate of drug-likeness (QED) is 0.659. The molecule has 4 rings (SSSR count). The van der Waals surface area contributed by atoms with Gasteiger partial charge in [-0.25, -0.2) is 0 Å². The molecule has 1 amide bonds. The lowest BCUT2D eigenvalue weighted by Gasteiger charge is -2.22. The molecule has 2 aromatic carbocycles. The predicted molar refractivity (Wildman–Crippen MR) is 111 cm³/mol. The Morgan fingerprint density at radius 3 is 2.48 bits per heavy atom. The number of ketones is 1. The van der Waals surface area contributed by atoms with Crippen LogP contribution in [0.1, 0.15) is 28.0 Å². The number of hydrogen-bond donors (Lipinski definition) is 1. The number of Topliss-reactive ketones (excluding diaryl/α,β-unsaturated/α-hetero) is 1. The molecule has 1 aliphatic rings. The molecular formula is C24H20N2O3. The molecule has 1 aliphatic heterocycles. The highest BCUT2D eigenvalue weighted by Gasteiger charge is 2.50. The van der Waals surface area contributed by atoms with Crippen LogP contribution >= 0.6 is 0 Å². The second-order valence-electron chi connectivity index (χ2n) is 6.92. The van der Waals surface area contributed by atoms with E-state index in [1.807, 2.05) is 48.6 Å². The van der Waals surface area contributed by atoms with Crippen LogP contribution in [0.4, 0.5) is 5.69 Å². The molecule has 0 bridgehead atoms. The Balaban J connectivity index is 1.60. The molecule has 0 saturated heterocycles. The van der Waals surface area contributed by atoms with Gasteiger partial charge in [-0.1, -0.05) is 66.7 Å². The highest BCUT2D eigenvalue weighted by molar-refractivity contribution is 6.10. The number of aliphatic hydroxyl groups is 1. The lowest BCUT2D eigenvalue weighted by Crippen LogP contribution is -2.42. The molecule has 29 heavy (non-hydrogen) atoms. The number of hydrogen-bond acceptors (Lipinski definition) is 4. The van der Waals surface area contributed by atoms with Gasteiger partial charge >= 0.3 is 0 Å². The first-order chi connectivity index (χ1) is 14.1. The van der Waals surface area contributed by atoms with Crippen molar-refractivity contribution in [3.63, 3.8) is 0 Å². The SMILES string of the molecule is O=C(C[C@@]1(O)C(=O)N(C/C=C/c2ccccc2)c2ccccc21)c1ccccn1. The third-order valence-corrected chi connectivity index (χ3v) is 5.00. The lowest BCUT2D eigenvalue weighted by atomic mass is 9.89. The summed E-state index contributed by atoms with van der Waals surface area (Å²) in [5.74, 6) is -0.876. The first-order valence-corrected chi connectivity index (χ1v) is 9.39. The fraction of sp³-hybridized carbons (Fsp3) is 0.125. The molecule has 144 valence electrons. The average molecular weight is 384 g/mol. The van der Waals surface area contributed by atoms with Crippen LogP contribution in [0.5, 0.6) is 0 Å². The molecule has 1 aromatic heterocycles. The topological polar surface area (TPSA) is 70.5 Å². The number of fused-ring (bicyclic) bond motifs is 1. The third kappa shape index (κ3) is 3.60. The fourth-order valence-corrected chi connectivity index (χ4v) is 3.57. The molecule has 1 N–H and O–H groups in total. The van der Waals surface area contributed by atoms with E-state index in [-0.39, 0.29) is 17.9 Å². The largest absolute Gasteiger partial charge is 0.375 e. The highest BCUT2D eigenvalue weighted by atomic mass is 16.3. The number of pyridine rings is 1. The average Bonchev–Trinajstić information content (AvgIpc) is 2.97. The number of aromatic nitrogens is 1. The summed E-state index contributed by atoms with van der Waals surface area (Å²) in [6, 6.07) is 21.8. The normalized spacial score (nSPS) is 18.2. The lowest BCUT2D eigenvalue weighted by molar-refractivity contribution is -0.135. The number of benzene rings is 2. The smallest absolute Gasteiger partial charge is 0.264 e. The van der Waals surface area contributed by atoms with E-state index in [0.29, 0.717) is 17.8 Å². The van der Waals surface area contributed by atoms with Gasteiger partial charge in [-0.2, -0.15) is 0 Å². The zero-order valence-corrected chi connectivity index (χ0v) is 15.7. The molecule has 0 aliphatic carbocycles. The number of carbonyl (C=O) groups excluding carboxylic acids is 2. The number of rotatable bonds is 6. The van der Waals surface area contributed by atoms with Crippen molar-refractivity contribution >= 4 is 23.5 Å². The third-order valence-electron chi connectivity index (χ3n) is 5.00. The molecule has 0 spiro atoms. The van der Waals surface area contributed by atoms with Gasteiger partial charge in [0.1, 0.15) is 5.69 Å². The van der Waals surface area contributed by atoms with Gasteiger partial charge in [0.25, 0.3) is 5.91 Å². The Kier molecular flexibility index (Phi) is 5.06. The maximum absolute atomic E-state index is 13.2. The Labute approximate surface area is 169 Å². The Morgan fingerprint density at radius 2 is 1.72 bits per heavy atom. The van der Waals surface area contributed by atoms with Crippen molar-refractivity contribution < 1.29 is 14.7 Å². The van der Waals surface area contributed by atoms with Crippen molar-refractivity contribution in [3.05, 3.63) is 102 Å². The summed E-state index contributed by atoms with van der Waals surface area (Å²) in [5, 5.41) is 11.3. The van der Waals surface area contributed by atoms with Gasteiger partial charge in [-0.3, -0.25) is 14.6 Å². The van der Waals surface area contributed by atoms with Crippen LogP contribution in [0.2, 0.25) is 0 Å². The van der Waals surface area contributed by atoms with E-state index in [2.05, 4.69) is 4.98 Å². The van der Waals surface area contributed by atoms with Crippen LogP contribution < -0.4 is 4.90 Å². The maximum Gasteiger partial charge on any atom is 0.264 e. The van der Waals surface area contributed by atoms with Crippen molar-refractivity contribution in [2.24, 2.45) is 0 Å². The molecule has 3 aromatic rings. The summed E-state index contributed by atoms with van der Waals surface area (Å²) in [6.07, 6.45) is 4.96. The van der Waals surface area contributed by atoms with Crippen LogP contribution in [0, 0.1) is 0 Å². The molecular weight excluding hydrogens is 364 g/mol. The zero-order valence-electron chi connectivity index (χ0n) is 15.7. The van der Waals surface area contributed by atoms with Gasteiger partial charge in [-0.15, -0.1) is 0 Å².